The van der Waals surface area contributed by atoms with E-state index in [9.17, 15) is 9.59 Å². The van der Waals surface area contributed by atoms with Gasteiger partial charge in [0.2, 0.25) is 0 Å². The maximum absolute atomic E-state index is 12.2. The molecule has 21 heavy (non-hydrogen) atoms. The first-order valence-electron chi connectivity index (χ1n) is 7.67. The lowest BCUT2D eigenvalue weighted by Crippen LogP contribution is -2.44. The van der Waals surface area contributed by atoms with Crippen LogP contribution >= 0.6 is 0 Å². The molecule has 0 radical (unpaired) electrons. The number of carboxylic acid groups (broad SMARTS) is 1. The first-order chi connectivity index (χ1) is 9.70. The van der Waals surface area contributed by atoms with Gasteiger partial charge >= 0.3 is 12.0 Å². The molecule has 0 aromatic carbocycles. The zero-order valence-electron chi connectivity index (χ0n) is 13.7. The summed E-state index contributed by atoms with van der Waals surface area (Å²) in [5.41, 5.74) is 0.171. The normalized spacial score (nSPS) is 19.0. The molecule has 0 spiro atoms. The maximum atomic E-state index is 12.2. The summed E-state index contributed by atoms with van der Waals surface area (Å²) in [6.45, 7) is 12.0. The van der Waals surface area contributed by atoms with Crippen LogP contribution in [0.1, 0.15) is 34.1 Å². The second-order valence-electron chi connectivity index (χ2n) is 6.96. The van der Waals surface area contributed by atoms with Gasteiger partial charge in [-0.15, -0.1) is 0 Å². The van der Waals surface area contributed by atoms with E-state index in [0.717, 1.165) is 13.0 Å². The minimum absolute atomic E-state index is 0.0386. The third kappa shape index (κ3) is 6.33. The monoisotopic (exact) mass is 299 g/mol. The van der Waals surface area contributed by atoms with E-state index >= 15 is 0 Å². The fourth-order valence-electron chi connectivity index (χ4n) is 2.18. The third-order valence-electron chi connectivity index (χ3n) is 4.27. The summed E-state index contributed by atoms with van der Waals surface area (Å²) in [7, 11) is 0. The van der Waals surface area contributed by atoms with Gasteiger partial charge in [-0.25, -0.2) is 4.79 Å². The van der Waals surface area contributed by atoms with Crippen molar-refractivity contribution in [2.24, 2.45) is 11.3 Å². The van der Waals surface area contributed by atoms with Gasteiger partial charge in [0, 0.05) is 32.7 Å². The molecule has 1 atom stereocenters. The molecule has 6 heteroatoms. The molecule has 1 saturated heterocycles. The molecule has 1 aliphatic heterocycles. The summed E-state index contributed by atoms with van der Waals surface area (Å²) >= 11 is 0. The van der Waals surface area contributed by atoms with E-state index in [1.54, 1.807) is 4.90 Å². The Balaban J connectivity index is 2.40. The molecule has 2 amide bonds. The molecule has 122 valence electrons. The van der Waals surface area contributed by atoms with E-state index in [-0.39, 0.29) is 18.0 Å². The Bertz CT molecular complexity index is 366. The molecule has 0 bridgehead atoms. The van der Waals surface area contributed by atoms with Crippen LogP contribution in [0.15, 0.2) is 0 Å². The van der Waals surface area contributed by atoms with Gasteiger partial charge in [0.05, 0.1) is 6.54 Å². The highest BCUT2D eigenvalue weighted by molar-refractivity contribution is 5.74. The summed E-state index contributed by atoms with van der Waals surface area (Å²) in [6, 6.07) is -0.0386. The Morgan fingerprint density at radius 3 is 2.43 bits per heavy atom. The number of carbonyl (C=O) groups is 2. The Labute approximate surface area is 127 Å². The van der Waals surface area contributed by atoms with Crippen molar-refractivity contribution in [3.63, 3.8) is 0 Å². The molecular weight excluding hydrogens is 270 g/mol. The Hall–Kier alpha value is -1.30. The average molecular weight is 299 g/mol. The summed E-state index contributed by atoms with van der Waals surface area (Å²) in [5.74, 6) is -0.413. The minimum Gasteiger partial charge on any atom is -0.480 e. The number of carbonyl (C=O) groups excluding carboxylic acids is 1. The molecule has 0 aliphatic carbocycles. The average Bonchev–Trinajstić information content (AvgIpc) is 2.59. The lowest BCUT2D eigenvalue weighted by Gasteiger charge is -2.29. The largest absolute Gasteiger partial charge is 0.480 e. The van der Waals surface area contributed by atoms with Crippen molar-refractivity contribution in [3.05, 3.63) is 0 Å². The maximum Gasteiger partial charge on any atom is 0.317 e. The first-order valence-corrected chi connectivity index (χ1v) is 7.67. The molecular formula is C15H29N3O3. The van der Waals surface area contributed by atoms with Crippen LogP contribution in [0.25, 0.3) is 0 Å². The first kappa shape index (κ1) is 17.8. The summed E-state index contributed by atoms with van der Waals surface area (Å²) in [4.78, 5) is 26.6. The van der Waals surface area contributed by atoms with E-state index in [2.05, 4.69) is 33.0 Å². The number of aliphatic carboxylic acids is 1. The Morgan fingerprint density at radius 1 is 1.19 bits per heavy atom. The van der Waals surface area contributed by atoms with Gasteiger partial charge in [0.25, 0.3) is 0 Å². The SMILES string of the molecule is CC(CNC(=O)N1CCCN(CC(=O)O)CC1)C(C)(C)C. The van der Waals surface area contributed by atoms with Gasteiger partial charge < -0.3 is 15.3 Å². The van der Waals surface area contributed by atoms with E-state index in [4.69, 9.17) is 5.11 Å². The Kier molecular flexibility index (Phi) is 6.45. The van der Waals surface area contributed by atoms with Crippen LogP contribution in [0.2, 0.25) is 0 Å². The molecule has 1 heterocycles. The fourth-order valence-corrected chi connectivity index (χ4v) is 2.18. The number of nitrogens with zero attached hydrogens (tertiary/aromatic N) is 2. The topological polar surface area (TPSA) is 72.9 Å². The molecule has 2 N–H and O–H groups in total. The number of urea groups is 1. The van der Waals surface area contributed by atoms with Crippen LogP contribution < -0.4 is 5.32 Å². The van der Waals surface area contributed by atoms with Gasteiger partial charge in [-0.2, -0.15) is 0 Å². The quantitative estimate of drug-likeness (QED) is 0.824. The molecule has 1 fully saturated rings. The highest BCUT2D eigenvalue weighted by atomic mass is 16.4. The van der Waals surface area contributed by atoms with E-state index < -0.39 is 5.97 Å². The highest BCUT2D eigenvalue weighted by Crippen LogP contribution is 2.24. The number of amides is 2. The van der Waals surface area contributed by atoms with Crippen LogP contribution in [0, 0.1) is 11.3 Å². The van der Waals surface area contributed by atoms with Crippen LogP contribution in [0.5, 0.6) is 0 Å². The number of nitrogens with one attached hydrogen (secondary N) is 1. The van der Waals surface area contributed by atoms with Gasteiger partial charge in [-0.1, -0.05) is 27.7 Å². The van der Waals surface area contributed by atoms with Crippen molar-refractivity contribution >= 4 is 12.0 Å². The number of hydrogen-bond donors (Lipinski definition) is 2. The lowest BCUT2D eigenvalue weighted by molar-refractivity contribution is -0.138. The predicted molar refractivity (Wildman–Crippen MR) is 82.3 cm³/mol. The van der Waals surface area contributed by atoms with Crippen molar-refractivity contribution in [2.75, 3.05) is 39.3 Å². The van der Waals surface area contributed by atoms with E-state index in [1.165, 1.54) is 0 Å². The third-order valence-corrected chi connectivity index (χ3v) is 4.27. The smallest absolute Gasteiger partial charge is 0.317 e. The fraction of sp³-hybridized carbons (Fsp3) is 0.867. The van der Waals surface area contributed by atoms with Gasteiger partial charge in [-0.3, -0.25) is 9.69 Å². The van der Waals surface area contributed by atoms with E-state index in [1.807, 2.05) is 4.90 Å². The van der Waals surface area contributed by atoms with Crippen LogP contribution in [0.4, 0.5) is 4.79 Å². The molecule has 1 rings (SSSR count). The second kappa shape index (κ2) is 7.64. The zero-order chi connectivity index (χ0) is 16.0. The number of hydrogen-bond acceptors (Lipinski definition) is 3. The second-order valence-corrected chi connectivity index (χ2v) is 6.96. The zero-order valence-corrected chi connectivity index (χ0v) is 13.7. The number of carboxylic acids is 1. The van der Waals surface area contributed by atoms with Crippen LogP contribution in [-0.2, 0) is 4.79 Å². The summed E-state index contributed by atoms with van der Waals surface area (Å²) in [6.07, 6.45) is 0.815. The molecule has 6 nitrogen and oxygen atoms in total. The van der Waals surface area contributed by atoms with Gasteiger partial charge in [0.1, 0.15) is 0 Å². The summed E-state index contributed by atoms with van der Waals surface area (Å²) < 4.78 is 0. The van der Waals surface area contributed by atoms with Crippen LogP contribution in [-0.4, -0.2) is 66.2 Å². The molecule has 1 aliphatic rings. The lowest BCUT2D eigenvalue weighted by atomic mass is 9.82. The number of rotatable bonds is 4. The van der Waals surface area contributed by atoms with Crippen molar-refractivity contribution in [3.8, 4) is 0 Å². The van der Waals surface area contributed by atoms with Crippen molar-refractivity contribution in [1.82, 2.24) is 15.1 Å². The molecule has 0 saturated carbocycles. The highest BCUT2D eigenvalue weighted by Gasteiger charge is 2.23. The van der Waals surface area contributed by atoms with Crippen molar-refractivity contribution in [1.29, 1.82) is 0 Å². The molecule has 0 aromatic rings. The van der Waals surface area contributed by atoms with Gasteiger partial charge in [-0.05, 0) is 17.8 Å². The predicted octanol–water partition coefficient (Wildman–Crippen LogP) is 1.47. The Morgan fingerprint density at radius 2 is 1.86 bits per heavy atom. The minimum atomic E-state index is -0.813. The standard InChI is InChI=1S/C15H29N3O3/c1-12(15(2,3)4)10-16-14(21)18-7-5-6-17(8-9-18)11-13(19)20/h12H,5-11H2,1-4H3,(H,16,21)(H,19,20). The van der Waals surface area contributed by atoms with Crippen molar-refractivity contribution < 1.29 is 14.7 Å². The van der Waals surface area contributed by atoms with Crippen molar-refractivity contribution in [2.45, 2.75) is 34.1 Å². The van der Waals surface area contributed by atoms with Crippen LogP contribution in [0.3, 0.4) is 0 Å². The molecule has 0 aromatic heterocycles. The van der Waals surface area contributed by atoms with Gasteiger partial charge in [0.15, 0.2) is 0 Å². The molecule has 1 unspecified atom stereocenters. The summed E-state index contributed by atoms with van der Waals surface area (Å²) in [5, 5.41) is 11.8. The van der Waals surface area contributed by atoms with E-state index in [0.29, 0.717) is 32.1 Å².